The van der Waals surface area contributed by atoms with Crippen molar-refractivity contribution in [1.82, 2.24) is 19.9 Å². The van der Waals surface area contributed by atoms with Crippen LogP contribution >= 0.6 is 0 Å². The summed E-state index contributed by atoms with van der Waals surface area (Å²) in [7, 11) is 5.29. The predicted molar refractivity (Wildman–Crippen MR) is 112 cm³/mol. The molecule has 7 nitrogen and oxygen atoms in total. The lowest BCUT2D eigenvalue weighted by atomic mass is 10.1. The van der Waals surface area contributed by atoms with E-state index in [0.717, 1.165) is 22.5 Å². The van der Waals surface area contributed by atoms with Gasteiger partial charge in [0.2, 0.25) is 11.9 Å². The van der Waals surface area contributed by atoms with E-state index in [2.05, 4.69) is 9.97 Å². The maximum Gasteiger partial charge on any atom is 0.249 e. The zero-order valence-electron chi connectivity index (χ0n) is 16.9. The maximum absolute atomic E-state index is 12.8. The molecule has 3 rings (SSSR count). The molecule has 0 spiro atoms. The molecular weight excluding hydrogens is 366 g/mol. The van der Waals surface area contributed by atoms with E-state index in [4.69, 9.17) is 9.72 Å². The molecular formula is C22H25N5O2. The fraction of sp³-hybridized carbons (Fsp3) is 0.273. The molecule has 0 atom stereocenters. The van der Waals surface area contributed by atoms with E-state index in [9.17, 15) is 4.79 Å². The lowest BCUT2D eigenvalue weighted by molar-refractivity contribution is -0.136. The number of carbonyl (C=O) groups excluding carboxylic acids is 1. The summed E-state index contributed by atoms with van der Waals surface area (Å²) in [6.07, 6.45) is 3.50. The van der Waals surface area contributed by atoms with Crippen molar-refractivity contribution in [2.24, 2.45) is 0 Å². The lowest BCUT2D eigenvalue weighted by Crippen LogP contribution is -2.33. The van der Waals surface area contributed by atoms with Gasteiger partial charge in [-0.15, -0.1) is 0 Å². The van der Waals surface area contributed by atoms with E-state index in [1.165, 1.54) is 7.11 Å². The summed E-state index contributed by atoms with van der Waals surface area (Å²) in [5.74, 6) is 0.479. The Labute approximate surface area is 171 Å². The van der Waals surface area contributed by atoms with Crippen molar-refractivity contribution >= 4 is 11.9 Å². The van der Waals surface area contributed by atoms with Crippen LogP contribution in [0.25, 0.3) is 11.3 Å². The number of aromatic nitrogens is 3. The van der Waals surface area contributed by atoms with Crippen LogP contribution in [0.4, 0.5) is 5.95 Å². The Balaban J connectivity index is 1.98. The Hall–Kier alpha value is -3.32. The fourth-order valence-electron chi connectivity index (χ4n) is 2.91. The molecule has 0 bridgehead atoms. The average molecular weight is 391 g/mol. The van der Waals surface area contributed by atoms with Crippen molar-refractivity contribution in [3.05, 3.63) is 72.2 Å². The summed E-state index contributed by atoms with van der Waals surface area (Å²) in [4.78, 5) is 29.9. The first-order valence-corrected chi connectivity index (χ1v) is 9.33. The number of hydrogen-bond acceptors (Lipinski definition) is 6. The van der Waals surface area contributed by atoms with Crippen LogP contribution in [0.2, 0.25) is 0 Å². The van der Waals surface area contributed by atoms with Crippen LogP contribution < -0.4 is 4.90 Å². The van der Waals surface area contributed by atoms with Crippen LogP contribution in [0.3, 0.4) is 0 Å². The van der Waals surface area contributed by atoms with E-state index in [1.807, 2.05) is 67.5 Å². The highest BCUT2D eigenvalue weighted by Crippen LogP contribution is 2.23. The number of amides is 1. The first-order chi connectivity index (χ1) is 14.1. The molecule has 1 amide bonds. The summed E-state index contributed by atoms with van der Waals surface area (Å²) in [5.41, 5.74) is 3.35. The molecule has 150 valence electrons. The second-order valence-electron chi connectivity index (χ2n) is 6.81. The molecule has 0 radical (unpaired) electrons. The van der Waals surface area contributed by atoms with Gasteiger partial charge in [0.15, 0.2) is 0 Å². The Morgan fingerprint density at radius 2 is 1.76 bits per heavy atom. The fourth-order valence-corrected chi connectivity index (χ4v) is 2.91. The quantitative estimate of drug-likeness (QED) is 0.588. The van der Waals surface area contributed by atoms with Crippen LogP contribution in [0.1, 0.15) is 11.3 Å². The summed E-state index contributed by atoms with van der Waals surface area (Å²) in [6, 6.07) is 15.6. The number of nitrogens with zero attached hydrogens (tertiary/aromatic N) is 5. The van der Waals surface area contributed by atoms with Crippen molar-refractivity contribution in [1.29, 1.82) is 0 Å². The molecule has 7 heteroatoms. The van der Waals surface area contributed by atoms with Crippen LogP contribution in [-0.2, 0) is 22.6 Å². The van der Waals surface area contributed by atoms with Gasteiger partial charge >= 0.3 is 0 Å². The topological polar surface area (TPSA) is 71.5 Å². The number of pyridine rings is 1. The molecule has 0 aliphatic rings. The van der Waals surface area contributed by atoms with Crippen LogP contribution in [0, 0.1) is 0 Å². The second kappa shape index (κ2) is 9.75. The molecule has 0 aliphatic heterocycles. The van der Waals surface area contributed by atoms with Crippen LogP contribution in [0.15, 0.2) is 60.9 Å². The maximum atomic E-state index is 12.8. The van der Waals surface area contributed by atoms with E-state index in [0.29, 0.717) is 19.0 Å². The normalized spacial score (nSPS) is 10.6. The first-order valence-electron chi connectivity index (χ1n) is 9.33. The van der Waals surface area contributed by atoms with E-state index < -0.39 is 0 Å². The van der Waals surface area contributed by atoms with Crippen LogP contribution in [0.5, 0.6) is 0 Å². The second-order valence-corrected chi connectivity index (χ2v) is 6.81. The van der Waals surface area contributed by atoms with Gasteiger partial charge in [0.25, 0.3) is 0 Å². The Kier molecular flexibility index (Phi) is 6.86. The Morgan fingerprint density at radius 3 is 2.41 bits per heavy atom. The number of rotatable bonds is 8. The number of ether oxygens (including phenoxy) is 1. The zero-order chi connectivity index (χ0) is 20.6. The number of hydrogen-bond donors (Lipinski definition) is 0. The van der Waals surface area contributed by atoms with Gasteiger partial charge in [0, 0.05) is 45.7 Å². The summed E-state index contributed by atoms with van der Waals surface area (Å²) >= 11 is 0. The lowest BCUT2D eigenvalue weighted by Gasteiger charge is -2.24. The molecule has 0 saturated heterocycles. The first kappa shape index (κ1) is 20.4. The highest BCUT2D eigenvalue weighted by atomic mass is 16.5. The molecule has 0 saturated carbocycles. The van der Waals surface area contributed by atoms with Gasteiger partial charge < -0.3 is 14.5 Å². The van der Waals surface area contributed by atoms with Crippen molar-refractivity contribution in [2.45, 2.75) is 13.1 Å². The SMILES string of the molecule is COCC(=O)N(Cc1ccccc1)Cc1nc(N(C)C)ncc1-c1ccccn1. The monoisotopic (exact) mass is 391 g/mol. The standard InChI is InChI=1S/C22H25N5O2/c1-26(2)22-24-13-18(19-11-7-8-12-23-19)20(25-22)15-27(21(28)16-29-3)14-17-9-5-4-6-10-17/h4-13H,14-16H2,1-3H3. The smallest absolute Gasteiger partial charge is 0.249 e. The van der Waals surface area contributed by atoms with E-state index in [1.54, 1.807) is 17.3 Å². The third-order valence-electron chi connectivity index (χ3n) is 4.37. The molecule has 3 aromatic rings. The van der Waals surface area contributed by atoms with Crippen molar-refractivity contribution in [2.75, 3.05) is 32.7 Å². The highest BCUT2D eigenvalue weighted by Gasteiger charge is 2.19. The number of methoxy groups -OCH3 is 1. The molecule has 0 fully saturated rings. The largest absolute Gasteiger partial charge is 0.375 e. The molecule has 0 aliphatic carbocycles. The Bertz CT molecular complexity index is 932. The predicted octanol–water partition coefficient (Wildman–Crippen LogP) is 2.78. The van der Waals surface area contributed by atoms with Crippen molar-refractivity contribution in [3.63, 3.8) is 0 Å². The minimum Gasteiger partial charge on any atom is -0.375 e. The van der Waals surface area contributed by atoms with Gasteiger partial charge in [-0.3, -0.25) is 9.78 Å². The van der Waals surface area contributed by atoms with E-state index >= 15 is 0 Å². The van der Waals surface area contributed by atoms with Crippen molar-refractivity contribution in [3.8, 4) is 11.3 Å². The minimum atomic E-state index is -0.103. The molecule has 2 heterocycles. The summed E-state index contributed by atoms with van der Waals surface area (Å²) in [5, 5.41) is 0. The van der Waals surface area contributed by atoms with Gasteiger partial charge in [-0.1, -0.05) is 36.4 Å². The van der Waals surface area contributed by atoms with Gasteiger partial charge in [0.05, 0.1) is 17.9 Å². The molecule has 0 N–H and O–H groups in total. The van der Waals surface area contributed by atoms with Gasteiger partial charge in [-0.05, 0) is 17.7 Å². The third-order valence-corrected chi connectivity index (χ3v) is 4.37. The van der Waals surface area contributed by atoms with E-state index in [-0.39, 0.29) is 12.5 Å². The van der Waals surface area contributed by atoms with Crippen molar-refractivity contribution < 1.29 is 9.53 Å². The van der Waals surface area contributed by atoms with Gasteiger partial charge in [-0.25, -0.2) is 9.97 Å². The van der Waals surface area contributed by atoms with Gasteiger partial charge in [0.1, 0.15) is 6.61 Å². The Morgan fingerprint density at radius 1 is 1.00 bits per heavy atom. The average Bonchev–Trinajstić information content (AvgIpc) is 2.74. The number of benzene rings is 1. The number of carbonyl (C=O) groups is 1. The molecule has 0 unspecified atom stereocenters. The third kappa shape index (κ3) is 5.36. The molecule has 29 heavy (non-hydrogen) atoms. The van der Waals surface area contributed by atoms with Crippen LogP contribution in [-0.4, -0.2) is 53.6 Å². The number of anilines is 1. The minimum absolute atomic E-state index is 0.0113. The summed E-state index contributed by atoms with van der Waals surface area (Å²) < 4.78 is 5.09. The highest BCUT2D eigenvalue weighted by molar-refractivity contribution is 5.77. The zero-order valence-corrected chi connectivity index (χ0v) is 16.9. The summed E-state index contributed by atoms with van der Waals surface area (Å²) in [6.45, 7) is 0.801. The molecule has 2 aromatic heterocycles. The molecule has 1 aromatic carbocycles. The van der Waals surface area contributed by atoms with Gasteiger partial charge in [-0.2, -0.15) is 0 Å².